The van der Waals surface area contributed by atoms with Crippen molar-refractivity contribution in [3.05, 3.63) is 23.8 Å². The lowest BCUT2D eigenvalue weighted by Crippen LogP contribution is -2.31. The highest BCUT2D eigenvalue weighted by Gasteiger charge is 2.29. The predicted molar refractivity (Wildman–Crippen MR) is 62.0 cm³/mol. The van der Waals surface area contributed by atoms with Crippen molar-refractivity contribution in [1.82, 2.24) is 5.32 Å². The van der Waals surface area contributed by atoms with Gasteiger partial charge in [0.1, 0.15) is 17.5 Å². The Morgan fingerprint density at radius 1 is 1.32 bits per heavy atom. The number of hydrogen-bond donors (Lipinski definition) is 1. The highest BCUT2D eigenvalue weighted by Crippen LogP contribution is 2.29. The van der Waals surface area contributed by atoms with Crippen LogP contribution in [0.5, 0.6) is 11.5 Å². The van der Waals surface area contributed by atoms with E-state index in [1.807, 2.05) is 0 Å². The number of alkyl halides is 3. The van der Waals surface area contributed by atoms with Crippen LogP contribution in [0.1, 0.15) is 11.6 Å². The zero-order valence-corrected chi connectivity index (χ0v) is 10.4. The van der Waals surface area contributed by atoms with Gasteiger partial charge in [-0.05, 0) is 12.1 Å². The molecular formula is C12H13F3N2O2. The molecule has 1 unspecified atom stereocenters. The van der Waals surface area contributed by atoms with E-state index in [2.05, 4.69) is 5.32 Å². The summed E-state index contributed by atoms with van der Waals surface area (Å²) >= 11 is 0. The molecule has 7 heteroatoms. The van der Waals surface area contributed by atoms with Gasteiger partial charge in [0.25, 0.3) is 0 Å². The summed E-state index contributed by atoms with van der Waals surface area (Å²) < 4.78 is 46.5. The largest absolute Gasteiger partial charge is 0.497 e. The van der Waals surface area contributed by atoms with Crippen molar-refractivity contribution in [3.8, 4) is 17.6 Å². The first-order valence-electron chi connectivity index (χ1n) is 5.33. The molecule has 0 amide bonds. The van der Waals surface area contributed by atoms with Crippen LogP contribution in [-0.4, -0.2) is 26.9 Å². The van der Waals surface area contributed by atoms with Gasteiger partial charge in [0, 0.05) is 11.6 Å². The van der Waals surface area contributed by atoms with Crippen molar-refractivity contribution < 1.29 is 22.6 Å². The van der Waals surface area contributed by atoms with E-state index in [1.165, 1.54) is 26.4 Å². The molecule has 0 saturated heterocycles. The molecule has 0 bridgehead atoms. The van der Waals surface area contributed by atoms with Gasteiger partial charge in [-0.15, -0.1) is 0 Å². The van der Waals surface area contributed by atoms with Crippen LogP contribution in [-0.2, 0) is 0 Å². The molecule has 0 spiro atoms. The summed E-state index contributed by atoms with van der Waals surface area (Å²) in [5, 5.41) is 11.1. The van der Waals surface area contributed by atoms with Crippen molar-refractivity contribution in [2.24, 2.45) is 0 Å². The van der Waals surface area contributed by atoms with E-state index in [1.54, 1.807) is 12.1 Å². The van der Waals surface area contributed by atoms with Gasteiger partial charge in [-0.1, -0.05) is 0 Å². The molecule has 0 saturated carbocycles. The lowest BCUT2D eigenvalue weighted by molar-refractivity contribution is -0.125. The fourth-order valence-corrected chi connectivity index (χ4v) is 1.50. The van der Waals surface area contributed by atoms with Crippen LogP contribution < -0.4 is 14.8 Å². The van der Waals surface area contributed by atoms with Crippen LogP contribution >= 0.6 is 0 Å². The van der Waals surface area contributed by atoms with Crippen molar-refractivity contribution in [3.63, 3.8) is 0 Å². The maximum Gasteiger partial charge on any atom is 0.401 e. The summed E-state index contributed by atoms with van der Waals surface area (Å²) in [6.45, 7) is -1.25. The van der Waals surface area contributed by atoms with E-state index in [0.29, 0.717) is 17.1 Å². The van der Waals surface area contributed by atoms with E-state index in [-0.39, 0.29) is 0 Å². The smallest absolute Gasteiger partial charge is 0.401 e. The molecule has 104 valence electrons. The Morgan fingerprint density at radius 2 is 2.00 bits per heavy atom. The van der Waals surface area contributed by atoms with Gasteiger partial charge in [0.15, 0.2) is 0 Å². The monoisotopic (exact) mass is 274 g/mol. The number of nitrogens with zero attached hydrogens (tertiary/aromatic N) is 1. The first-order valence-corrected chi connectivity index (χ1v) is 5.33. The topological polar surface area (TPSA) is 54.3 Å². The molecule has 19 heavy (non-hydrogen) atoms. The Morgan fingerprint density at radius 3 is 2.47 bits per heavy atom. The SMILES string of the molecule is COc1ccc(C(C#N)NCC(F)(F)F)c(OC)c1. The summed E-state index contributed by atoms with van der Waals surface area (Å²) in [6, 6.07) is 5.22. The first kappa shape index (κ1) is 15.1. The Labute approximate surface area is 108 Å². The molecule has 1 atom stereocenters. The van der Waals surface area contributed by atoms with Crippen molar-refractivity contribution in [1.29, 1.82) is 5.26 Å². The summed E-state index contributed by atoms with van der Waals surface area (Å²) in [5.41, 5.74) is 0.329. The molecule has 0 aliphatic carbocycles. The van der Waals surface area contributed by atoms with E-state index in [9.17, 15) is 13.2 Å². The number of halogens is 3. The maximum absolute atomic E-state index is 12.1. The van der Waals surface area contributed by atoms with E-state index >= 15 is 0 Å². The highest BCUT2D eigenvalue weighted by molar-refractivity contribution is 5.44. The summed E-state index contributed by atoms with van der Waals surface area (Å²) in [7, 11) is 2.83. The minimum atomic E-state index is -4.38. The molecule has 0 radical (unpaired) electrons. The van der Waals surface area contributed by atoms with Gasteiger partial charge < -0.3 is 9.47 Å². The molecule has 1 aromatic carbocycles. The van der Waals surface area contributed by atoms with Crippen LogP contribution in [0, 0.1) is 11.3 Å². The molecule has 1 rings (SSSR count). The predicted octanol–water partition coefficient (Wildman–Crippen LogP) is 2.42. The lowest BCUT2D eigenvalue weighted by atomic mass is 10.1. The fourth-order valence-electron chi connectivity index (χ4n) is 1.50. The average molecular weight is 274 g/mol. The van der Waals surface area contributed by atoms with Gasteiger partial charge in [0.05, 0.1) is 26.8 Å². The van der Waals surface area contributed by atoms with Crippen LogP contribution in [0.3, 0.4) is 0 Å². The van der Waals surface area contributed by atoms with Gasteiger partial charge in [-0.2, -0.15) is 18.4 Å². The van der Waals surface area contributed by atoms with Crippen LogP contribution in [0.2, 0.25) is 0 Å². The number of benzene rings is 1. The summed E-state index contributed by atoms with van der Waals surface area (Å²) in [4.78, 5) is 0. The van der Waals surface area contributed by atoms with Gasteiger partial charge in [-0.25, -0.2) is 0 Å². The summed E-state index contributed by atoms with van der Waals surface area (Å²) in [6.07, 6.45) is -4.38. The molecule has 0 aromatic heterocycles. The van der Waals surface area contributed by atoms with Crippen molar-refractivity contribution >= 4 is 0 Å². The highest BCUT2D eigenvalue weighted by atomic mass is 19.4. The molecule has 0 aliphatic rings. The zero-order valence-electron chi connectivity index (χ0n) is 10.4. The zero-order chi connectivity index (χ0) is 14.5. The Balaban J connectivity index is 2.95. The number of nitrogens with one attached hydrogen (secondary N) is 1. The van der Waals surface area contributed by atoms with Gasteiger partial charge in [-0.3, -0.25) is 5.32 Å². The maximum atomic E-state index is 12.1. The standard InChI is InChI=1S/C12H13F3N2O2/c1-18-8-3-4-9(11(5-8)19-2)10(6-16)17-7-12(13,14)15/h3-5,10,17H,7H2,1-2H3. The second kappa shape index (κ2) is 6.29. The number of hydrogen-bond acceptors (Lipinski definition) is 4. The van der Waals surface area contributed by atoms with Gasteiger partial charge in [0.2, 0.25) is 0 Å². The Hall–Kier alpha value is -1.94. The number of rotatable bonds is 5. The second-order valence-corrected chi connectivity index (χ2v) is 3.67. The summed E-state index contributed by atoms with van der Waals surface area (Å²) in [5.74, 6) is 0.786. The fraction of sp³-hybridized carbons (Fsp3) is 0.417. The van der Waals surface area contributed by atoms with Crippen LogP contribution in [0.15, 0.2) is 18.2 Å². The molecule has 0 heterocycles. The third-order valence-corrected chi connectivity index (χ3v) is 2.39. The van der Waals surface area contributed by atoms with E-state index in [4.69, 9.17) is 14.7 Å². The number of nitriles is 1. The lowest BCUT2D eigenvalue weighted by Gasteiger charge is -2.17. The van der Waals surface area contributed by atoms with Crippen LogP contribution in [0.4, 0.5) is 13.2 Å². The third-order valence-electron chi connectivity index (χ3n) is 2.39. The van der Waals surface area contributed by atoms with Crippen LogP contribution in [0.25, 0.3) is 0 Å². The van der Waals surface area contributed by atoms with E-state index in [0.717, 1.165) is 0 Å². The Bertz CT molecular complexity index is 469. The number of ether oxygens (including phenoxy) is 2. The Kier molecular flexibility index (Phi) is 5.01. The third kappa shape index (κ3) is 4.34. The molecule has 0 fully saturated rings. The molecule has 4 nitrogen and oxygen atoms in total. The second-order valence-electron chi connectivity index (χ2n) is 3.67. The minimum Gasteiger partial charge on any atom is -0.497 e. The molecule has 0 aliphatic heterocycles. The normalized spacial score (nSPS) is 12.6. The van der Waals surface area contributed by atoms with E-state index < -0.39 is 18.8 Å². The minimum absolute atomic E-state index is 0.292. The van der Waals surface area contributed by atoms with Crippen molar-refractivity contribution in [2.75, 3.05) is 20.8 Å². The average Bonchev–Trinajstić information content (AvgIpc) is 2.38. The quantitative estimate of drug-likeness (QED) is 0.896. The van der Waals surface area contributed by atoms with Crippen molar-refractivity contribution in [2.45, 2.75) is 12.2 Å². The number of methoxy groups -OCH3 is 2. The molecular weight excluding hydrogens is 261 g/mol. The molecule has 1 aromatic rings. The molecule has 1 N–H and O–H groups in total. The van der Waals surface area contributed by atoms with Gasteiger partial charge >= 0.3 is 6.18 Å². The first-order chi connectivity index (χ1) is 8.91.